The third-order valence-corrected chi connectivity index (χ3v) is 2.88. The number of ether oxygens (including phenoxy) is 2. The number of nitrogens with one attached hydrogen (secondary N) is 1. The summed E-state index contributed by atoms with van der Waals surface area (Å²) in [6.45, 7) is 0.260. The van der Waals surface area contributed by atoms with Crippen molar-refractivity contribution in [1.82, 2.24) is 10.2 Å². The summed E-state index contributed by atoms with van der Waals surface area (Å²) in [6.07, 6.45) is -4.50. The summed E-state index contributed by atoms with van der Waals surface area (Å²) in [4.78, 5) is 0. The number of aromatic nitrogens is 2. The molecule has 0 spiro atoms. The fraction of sp³-hybridized carbons (Fsp3) is 0.250. The van der Waals surface area contributed by atoms with E-state index in [0.29, 0.717) is 11.3 Å². The highest BCUT2D eigenvalue weighted by atomic mass is 19.4. The number of H-pyrrole nitrogens is 1. The molecule has 0 radical (unpaired) electrons. The van der Waals surface area contributed by atoms with Crippen LogP contribution in [-0.2, 0) is 6.18 Å². The minimum atomic E-state index is -4.50. The highest BCUT2D eigenvalue weighted by molar-refractivity contribution is 5.74. The number of hydrogen-bond donors (Lipinski definition) is 2. The van der Waals surface area contributed by atoms with Crippen LogP contribution in [0.1, 0.15) is 5.56 Å². The molecule has 3 N–H and O–H groups in total. The number of nitrogens with two attached hydrogens (primary N) is 1. The molecule has 5 nitrogen and oxygen atoms in total. The van der Waals surface area contributed by atoms with Gasteiger partial charge in [-0.05, 0) is 12.1 Å². The molecule has 1 aromatic carbocycles. The second-order valence-corrected chi connectivity index (χ2v) is 4.22. The highest BCUT2D eigenvalue weighted by Gasteiger charge is 2.38. The maximum absolute atomic E-state index is 12.9. The molecule has 0 amide bonds. The average molecular weight is 285 g/mol. The van der Waals surface area contributed by atoms with E-state index in [1.54, 1.807) is 0 Å². The summed E-state index contributed by atoms with van der Waals surface area (Å²) < 4.78 is 49.3. The van der Waals surface area contributed by atoms with Crippen molar-refractivity contribution in [1.29, 1.82) is 0 Å². The molecule has 0 aliphatic carbocycles. The second kappa shape index (κ2) is 4.32. The lowest BCUT2D eigenvalue weighted by atomic mass is 10.0. The van der Waals surface area contributed by atoms with Crippen molar-refractivity contribution in [3.63, 3.8) is 0 Å². The molecule has 1 aromatic heterocycles. The number of alkyl halides is 3. The molecule has 0 fully saturated rings. The predicted octanol–water partition coefficient (Wildman–Crippen LogP) is 2.45. The van der Waals surface area contributed by atoms with E-state index in [4.69, 9.17) is 15.2 Å². The quantitative estimate of drug-likeness (QED) is 0.844. The van der Waals surface area contributed by atoms with Crippen LogP contribution in [0.5, 0.6) is 11.5 Å². The molecule has 0 saturated carbocycles. The van der Waals surface area contributed by atoms with Gasteiger partial charge in [-0.3, -0.25) is 5.10 Å². The van der Waals surface area contributed by atoms with Gasteiger partial charge in [0.05, 0.1) is 5.69 Å². The van der Waals surface area contributed by atoms with Crippen LogP contribution in [0.15, 0.2) is 18.2 Å². The first-order valence-corrected chi connectivity index (χ1v) is 5.78. The van der Waals surface area contributed by atoms with Gasteiger partial charge in [0, 0.05) is 11.6 Å². The lowest BCUT2D eigenvalue weighted by molar-refractivity contribution is -0.139. The Morgan fingerprint density at radius 1 is 1.15 bits per heavy atom. The minimum Gasteiger partial charge on any atom is -0.485 e. The predicted molar refractivity (Wildman–Crippen MR) is 64.4 cm³/mol. The van der Waals surface area contributed by atoms with Crippen LogP contribution in [0.25, 0.3) is 11.3 Å². The molecule has 2 aromatic rings. The molecule has 2 heterocycles. The SMILES string of the molecule is Nc1cc(-c2ccc(C(F)(F)F)c3c2OCCO3)[nH]n1. The number of hydrogen-bond acceptors (Lipinski definition) is 4. The fourth-order valence-electron chi connectivity index (χ4n) is 2.05. The van der Waals surface area contributed by atoms with Crippen LogP contribution in [-0.4, -0.2) is 23.4 Å². The van der Waals surface area contributed by atoms with E-state index < -0.39 is 11.7 Å². The summed E-state index contributed by atoms with van der Waals surface area (Å²) >= 11 is 0. The summed E-state index contributed by atoms with van der Waals surface area (Å²) in [7, 11) is 0. The molecular weight excluding hydrogens is 275 g/mol. The van der Waals surface area contributed by atoms with E-state index in [2.05, 4.69) is 10.2 Å². The molecule has 106 valence electrons. The Morgan fingerprint density at radius 3 is 2.45 bits per heavy atom. The van der Waals surface area contributed by atoms with E-state index in [9.17, 15) is 13.2 Å². The first kappa shape index (κ1) is 12.6. The number of halogens is 3. The molecule has 0 atom stereocenters. The van der Waals surface area contributed by atoms with Gasteiger partial charge in [0.2, 0.25) is 0 Å². The monoisotopic (exact) mass is 285 g/mol. The smallest absolute Gasteiger partial charge is 0.420 e. The van der Waals surface area contributed by atoms with Crippen LogP contribution < -0.4 is 15.2 Å². The summed E-state index contributed by atoms with van der Waals surface area (Å²) in [6, 6.07) is 3.78. The number of benzene rings is 1. The van der Waals surface area contributed by atoms with Crippen molar-refractivity contribution >= 4 is 5.82 Å². The van der Waals surface area contributed by atoms with Crippen LogP contribution in [0, 0.1) is 0 Å². The lowest BCUT2D eigenvalue weighted by Gasteiger charge is -2.24. The summed E-state index contributed by atoms with van der Waals surface area (Å²) in [5, 5.41) is 6.39. The number of rotatable bonds is 1. The molecule has 0 bridgehead atoms. The molecule has 3 rings (SSSR count). The zero-order valence-corrected chi connectivity index (χ0v) is 10.1. The Bertz CT molecular complexity index is 652. The third kappa shape index (κ3) is 2.02. The molecule has 8 heteroatoms. The third-order valence-electron chi connectivity index (χ3n) is 2.88. The number of nitrogen functional groups attached to an aromatic ring is 1. The first-order chi connectivity index (χ1) is 9.47. The van der Waals surface area contributed by atoms with Gasteiger partial charge in [0.25, 0.3) is 0 Å². The van der Waals surface area contributed by atoms with Crippen molar-refractivity contribution < 1.29 is 22.6 Å². The molecule has 1 aliphatic rings. The molecule has 20 heavy (non-hydrogen) atoms. The van der Waals surface area contributed by atoms with E-state index in [0.717, 1.165) is 6.07 Å². The first-order valence-electron chi connectivity index (χ1n) is 5.78. The van der Waals surface area contributed by atoms with Crippen molar-refractivity contribution in [2.24, 2.45) is 0 Å². The van der Waals surface area contributed by atoms with Crippen LogP contribution in [0.3, 0.4) is 0 Å². The number of nitrogens with zero attached hydrogens (tertiary/aromatic N) is 1. The number of fused-ring (bicyclic) bond motifs is 1. The number of aromatic amines is 1. The van der Waals surface area contributed by atoms with Gasteiger partial charge in [-0.1, -0.05) is 0 Å². The van der Waals surface area contributed by atoms with Crippen molar-refractivity contribution in [2.75, 3.05) is 18.9 Å². The molecular formula is C12H10F3N3O2. The van der Waals surface area contributed by atoms with Crippen molar-refractivity contribution in [3.8, 4) is 22.8 Å². The Balaban J connectivity index is 2.19. The summed E-state index contributed by atoms with van der Waals surface area (Å²) in [5.41, 5.74) is 5.54. The van der Waals surface area contributed by atoms with E-state index >= 15 is 0 Å². The van der Waals surface area contributed by atoms with Crippen LogP contribution in [0.2, 0.25) is 0 Å². The second-order valence-electron chi connectivity index (χ2n) is 4.22. The van der Waals surface area contributed by atoms with Crippen LogP contribution in [0.4, 0.5) is 19.0 Å². The average Bonchev–Trinajstić information content (AvgIpc) is 2.83. The topological polar surface area (TPSA) is 73.2 Å². The Labute approximate surface area is 111 Å². The standard InChI is InChI=1S/C12H10F3N3O2/c13-12(14,15)7-2-1-6(8-5-9(16)18-17-8)10-11(7)20-4-3-19-10/h1-2,5H,3-4H2,(H3,16,17,18). The normalized spacial score (nSPS) is 14.3. The van der Waals surface area contributed by atoms with Gasteiger partial charge in [0.1, 0.15) is 24.6 Å². The Hall–Kier alpha value is -2.38. The maximum Gasteiger partial charge on any atom is 0.420 e. The molecule has 0 unspecified atom stereocenters. The lowest BCUT2D eigenvalue weighted by Crippen LogP contribution is -2.19. The highest BCUT2D eigenvalue weighted by Crippen LogP contribution is 2.47. The van der Waals surface area contributed by atoms with Gasteiger partial charge >= 0.3 is 6.18 Å². The maximum atomic E-state index is 12.9. The number of anilines is 1. The Morgan fingerprint density at radius 2 is 1.85 bits per heavy atom. The van der Waals surface area contributed by atoms with Gasteiger partial charge in [-0.25, -0.2) is 0 Å². The summed E-state index contributed by atoms with van der Waals surface area (Å²) in [5.74, 6) is -0.00507. The zero-order chi connectivity index (χ0) is 14.3. The zero-order valence-electron chi connectivity index (χ0n) is 10.1. The van der Waals surface area contributed by atoms with E-state index in [1.165, 1.54) is 12.1 Å². The minimum absolute atomic E-state index is 0.0507. The fourth-order valence-corrected chi connectivity index (χ4v) is 2.05. The molecule has 1 aliphatic heterocycles. The van der Waals surface area contributed by atoms with Gasteiger partial charge in [0.15, 0.2) is 11.5 Å². The molecule has 0 saturated heterocycles. The van der Waals surface area contributed by atoms with Crippen LogP contribution >= 0.6 is 0 Å². The van der Waals surface area contributed by atoms with E-state index in [-0.39, 0.29) is 30.5 Å². The van der Waals surface area contributed by atoms with Crippen molar-refractivity contribution in [3.05, 3.63) is 23.8 Å². The van der Waals surface area contributed by atoms with Gasteiger partial charge in [-0.2, -0.15) is 18.3 Å². The van der Waals surface area contributed by atoms with E-state index in [1.807, 2.05) is 0 Å². The Kier molecular flexibility index (Phi) is 2.73. The van der Waals surface area contributed by atoms with Crippen molar-refractivity contribution in [2.45, 2.75) is 6.18 Å². The van der Waals surface area contributed by atoms with Gasteiger partial charge in [-0.15, -0.1) is 0 Å². The largest absolute Gasteiger partial charge is 0.485 e. The van der Waals surface area contributed by atoms with Gasteiger partial charge < -0.3 is 15.2 Å².